The number of halogens is 2. The highest BCUT2D eigenvalue weighted by molar-refractivity contribution is 6.09. The van der Waals surface area contributed by atoms with Gasteiger partial charge < -0.3 is 25.1 Å². The number of aryl methyl sites for hydroxylation is 1. The number of hydrogen-bond acceptors (Lipinski definition) is 5. The predicted molar refractivity (Wildman–Crippen MR) is 153 cm³/mol. The van der Waals surface area contributed by atoms with Crippen molar-refractivity contribution in [2.75, 3.05) is 18.5 Å². The van der Waals surface area contributed by atoms with Crippen molar-refractivity contribution in [2.24, 2.45) is 0 Å². The van der Waals surface area contributed by atoms with Crippen molar-refractivity contribution in [3.05, 3.63) is 125 Å². The third-order valence-corrected chi connectivity index (χ3v) is 6.79. The van der Waals surface area contributed by atoms with Gasteiger partial charge in [-0.1, -0.05) is 43.3 Å². The fourth-order valence-electron chi connectivity index (χ4n) is 4.61. The van der Waals surface area contributed by atoms with Gasteiger partial charge in [0.25, 0.3) is 11.8 Å². The van der Waals surface area contributed by atoms with Crippen LogP contribution in [0.3, 0.4) is 0 Å². The molecule has 41 heavy (non-hydrogen) atoms. The first-order valence-corrected chi connectivity index (χ1v) is 13.4. The zero-order chi connectivity index (χ0) is 29.4. The summed E-state index contributed by atoms with van der Waals surface area (Å²) in [6, 6.07) is 19.9. The predicted octanol–water partition coefficient (Wildman–Crippen LogP) is 4.89. The van der Waals surface area contributed by atoms with Crippen LogP contribution in [0.2, 0.25) is 0 Å². The second-order valence-electron chi connectivity index (χ2n) is 9.79. The van der Waals surface area contributed by atoms with Crippen molar-refractivity contribution in [1.82, 2.24) is 10.6 Å². The van der Waals surface area contributed by atoms with Gasteiger partial charge in [-0.15, -0.1) is 0 Å². The van der Waals surface area contributed by atoms with Crippen LogP contribution in [-0.4, -0.2) is 42.7 Å². The summed E-state index contributed by atoms with van der Waals surface area (Å²) in [5, 5.41) is 17.2. The minimum Gasteiger partial charge on any atom is -0.459 e. The average molecular weight is 562 g/mol. The van der Waals surface area contributed by atoms with Crippen LogP contribution < -0.4 is 15.5 Å². The number of benzene rings is 3. The van der Waals surface area contributed by atoms with Crippen molar-refractivity contribution in [1.29, 1.82) is 0 Å². The van der Waals surface area contributed by atoms with E-state index in [0.29, 0.717) is 12.2 Å². The van der Waals surface area contributed by atoms with E-state index in [1.165, 1.54) is 42.0 Å². The molecule has 1 heterocycles. The van der Waals surface area contributed by atoms with Crippen LogP contribution >= 0.6 is 0 Å². The fourth-order valence-corrected chi connectivity index (χ4v) is 4.61. The Morgan fingerprint density at radius 1 is 0.927 bits per heavy atom. The maximum Gasteiger partial charge on any atom is 0.293 e. The van der Waals surface area contributed by atoms with Gasteiger partial charge in [0, 0.05) is 26.2 Å². The van der Waals surface area contributed by atoms with Gasteiger partial charge in [-0.05, 0) is 65.9 Å². The number of amides is 2. The normalized spacial score (nSPS) is 12.5. The van der Waals surface area contributed by atoms with Crippen molar-refractivity contribution < 1.29 is 27.9 Å². The minimum absolute atomic E-state index is 0.0298. The molecule has 0 saturated carbocycles. The second-order valence-corrected chi connectivity index (χ2v) is 9.79. The number of carbonyl (C=O) groups is 2. The lowest BCUT2D eigenvalue weighted by Gasteiger charge is -2.26. The molecule has 2 amide bonds. The van der Waals surface area contributed by atoms with E-state index >= 15 is 0 Å². The fraction of sp³-hybridized carbons (Fsp3) is 0.250. The van der Waals surface area contributed by atoms with E-state index in [2.05, 4.69) is 23.6 Å². The van der Waals surface area contributed by atoms with Crippen LogP contribution in [0.5, 0.6) is 0 Å². The lowest BCUT2D eigenvalue weighted by Crippen LogP contribution is -2.49. The maximum atomic E-state index is 13.9. The summed E-state index contributed by atoms with van der Waals surface area (Å²) < 4.78 is 33.1. The van der Waals surface area contributed by atoms with E-state index in [0.717, 1.165) is 18.1 Å². The van der Waals surface area contributed by atoms with Gasteiger partial charge in [0.2, 0.25) is 0 Å². The Bertz CT molecular complexity index is 1460. The van der Waals surface area contributed by atoms with Gasteiger partial charge in [0.05, 0.1) is 29.7 Å². The molecule has 0 unspecified atom stereocenters. The molecule has 1 aromatic heterocycles. The molecule has 0 bridgehead atoms. The summed E-state index contributed by atoms with van der Waals surface area (Å²) in [7, 11) is 1.52. The average Bonchev–Trinajstić information content (AvgIpc) is 3.51. The largest absolute Gasteiger partial charge is 0.459 e. The zero-order valence-electron chi connectivity index (χ0n) is 22.9. The van der Waals surface area contributed by atoms with Gasteiger partial charge in [-0.3, -0.25) is 9.59 Å². The molecule has 7 nitrogen and oxygen atoms in total. The van der Waals surface area contributed by atoms with Gasteiger partial charge >= 0.3 is 0 Å². The molecule has 0 aliphatic carbocycles. The molecular formula is C32H33F2N3O4. The van der Waals surface area contributed by atoms with E-state index in [1.807, 2.05) is 18.2 Å². The van der Waals surface area contributed by atoms with Crippen molar-refractivity contribution in [3.63, 3.8) is 0 Å². The number of carbonyl (C=O) groups excluding carboxylic acids is 2. The molecule has 4 aromatic rings. The summed E-state index contributed by atoms with van der Waals surface area (Å²) in [6.45, 7) is 2.67. The van der Waals surface area contributed by atoms with Gasteiger partial charge in [0.1, 0.15) is 11.6 Å². The third kappa shape index (κ3) is 7.87. The number of aliphatic hydroxyl groups is 1. The Labute approximate surface area is 237 Å². The van der Waals surface area contributed by atoms with Crippen LogP contribution in [0, 0.1) is 11.6 Å². The zero-order valence-corrected chi connectivity index (χ0v) is 22.9. The molecular weight excluding hydrogens is 528 g/mol. The van der Waals surface area contributed by atoms with Crippen LogP contribution in [0.4, 0.5) is 14.5 Å². The van der Waals surface area contributed by atoms with Gasteiger partial charge in [0.15, 0.2) is 5.76 Å². The number of hydrogen-bond donors (Lipinski definition) is 3. The Morgan fingerprint density at radius 2 is 1.66 bits per heavy atom. The summed E-state index contributed by atoms with van der Waals surface area (Å²) in [5.41, 5.74) is 3.02. The first-order valence-electron chi connectivity index (χ1n) is 13.4. The van der Waals surface area contributed by atoms with Crippen molar-refractivity contribution in [3.8, 4) is 0 Å². The Morgan fingerprint density at radius 3 is 2.37 bits per heavy atom. The van der Waals surface area contributed by atoms with E-state index < -0.39 is 35.6 Å². The molecule has 4 rings (SSSR count). The number of rotatable bonds is 12. The molecule has 0 spiro atoms. The minimum atomic E-state index is -1.10. The standard InChI is InChI=1S/C32H33F2N3O4/c1-3-21-8-6-9-22(14-21)19-35-20-29(38)27(17-23-15-24(33)18-25(34)16-23)36-31(39)26-10-4-5-11-28(26)37(2)32(40)30-12-7-13-41-30/h4-16,18,27,29,35,38H,3,17,19-20H2,1-2H3,(H,36,39)/t27-,29-/m0/s1. The summed E-state index contributed by atoms with van der Waals surface area (Å²) in [4.78, 5) is 27.7. The SMILES string of the molecule is CCc1cccc(CNC[C@H](O)[C@H](Cc2cc(F)cc(F)c2)NC(=O)c2ccccc2N(C)C(=O)c2ccco2)c1. The number of anilines is 1. The number of nitrogens with one attached hydrogen (secondary N) is 2. The van der Waals surface area contributed by atoms with E-state index in [-0.39, 0.29) is 29.9 Å². The molecule has 0 saturated heterocycles. The van der Waals surface area contributed by atoms with Gasteiger partial charge in [-0.25, -0.2) is 8.78 Å². The third-order valence-electron chi connectivity index (χ3n) is 6.79. The van der Waals surface area contributed by atoms with Crippen LogP contribution in [0.15, 0.2) is 89.5 Å². The van der Waals surface area contributed by atoms with Crippen LogP contribution in [-0.2, 0) is 19.4 Å². The van der Waals surface area contributed by atoms with Crippen molar-refractivity contribution >= 4 is 17.5 Å². The van der Waals surface area contributed by atoms with E-state index in [1.54, 1.807) is 30.3 Å². The number of nitrogens with zero attached hydrogens (tertiary/aromatic N) is 1. The molecule has 2 atom stereocenters. The van der Waals surface area contributed by atoms with Crippen LogP contribution in [0.1, 0.15) is 44.5 Å². The first kappa shape index (κ1) is 29.6. The molecule has 0 radical (unpaired) electrons. The maximum absolute atomic E-state index is 13.9. The van der Waals surface area contributed by atoms with Gasteiger partial charge in [-0.2, -0.15) is 0 Å². The first-order chi connectivity index (χ1) is 19.7. The quantitative estimate of drug-likeness (QED) is 0.229. The molecule has 3 N–H and O–H groups in total. The highest BCUT2D eigenvalue weighted by atomic mass is 19.1. The Balaban J connectivity index is 1.53. The van der Waals surface area contributed by atoms with Crippen molar-refractivity contribution in [2.45, 2.75) is 38.5 Å². The number of para-hydroxylation sites is 1. The summed E-state index contributed by atoms with van der Waals surface area (Å²) in [6.07, 6.45) is 1.15. The summed E-state index contributed by atoms with van der Waals surface area (Å²) >= 11 is 0. The second kappa shape index (κ2) is 13.8. The molecule has 9 heteroatoms. The molecule has 0 aliphatic heterocycles. The highest BCUT2D eigenvalue weighted by Gasteiger charge is 2.26. The van der Waals surface area contributed by atoms with Crippen LogP contribution in [0.25, 0.3) is 0 Å². The smallest absolute Gasteiger partial charge is 0.293 e. The summed E-state index contributed by atoms with van der Waals surface area (Å²) in [5.74, 6) is -2.40. The molecule has 0 aliphatic rings. The molecule has 3 aromatic carbocycles. The van der Waals surface area contributed by atoms with E-state index in [9.17, 15) is 23.5 Å². The molecule has 0 fully saturated rings. The number of furan rings is 1. The highest BCUT2D eigenvalue weighted by Crippen LogP contribution is 2.22. The van der Waals surface area contributed by atoms with E-state index in [4.69, 9.17) is 4.42 Å². The lowest BCUT2D eigenvalue weighted by molar-refractivity contribution is 0.0830. The molecule has 214 valence electrons. The monoisotopic (exact) mass is 561 g/mol. The lowest BCUT2D eigenvalue weighted by atomic mass is 9.99. The Kier molecular flexibility index (Phi) is 10.00. The Hall–Kier alpha value is -4.34. The topological polar surface area (TPSA) is 94.8 Å². The number of aliphatic hydroxyl groups excluding tert-OH is 1.